The molecule has 0 saturated carbocycles. The Morgan fingerprint density at radius 3 is 2.85 bits per heavy atom. The maximum absolute atomic E-state index is 12.3. The van der Waals surface area contributed by atoms with Gasteiger partial charge in [0.15, 0.2) is 0 Å². The fourth-order valence-electron chi connectivity index (χ4n) is 1.92. The molecule has 1 aromatic heterocycles. The Hall–Kier alpha value is -1.66. The molecule has 3 N–H and O–H groups in total. The van der Waals surface area contributed by atoms with E-state index in [1.54, 1.807) is 20.0 Å². The lowest BCUT2D eigenvalue weighted by molar-refractivity contribution is 0.0844. The number of benzene rings is 1. The molecule has 1 unspecified atom stereocenters. The third kappa shape index (κ3) is 2.91. The minimum Gasteiger partial charge on any atom is -0.394 e. The van der Waals surface area contributed by atoms with Crippen LogP contribution in [-0.4, -0.2) is 27.8 Å². The summed E-state index contributed by atoms with van der Waals surface area (Å²) in [6, 6.07) is 7.49. The van der Waals surface area contributed by atoms with Crippen LogP contribution in [0.4, 0.5) is 0 Å². The third-order valence-corrected chi connectivity index (χ3v) is 3.72. The Morgan fingerprint density at radius 2 is 2.30 bits per heavy atom. The second-order valence-electron chi connectivity index (χ2n) is 4.88. The molecule has 0 fully saturated rings. The molecule has 1 heterocycles. The van der Waals surface area contributed by atoms with E-state index < -0.39 is 5.54 Å². The Morgan fingerprint density at radius 1 is 1.55 bits per heavy atom. The average molecular weight is 338 g/mol. The summed E-state index contributed by atoms with van der Waals surface area (Å²) in [6.45, 7) is 3.37. The van der Waals surface area contributed by atoms with Gasteiger partial charge in [0.05, 0.1) is 18.3 Å². The quantitative estimate of drug-likeness (QED) is 0.799. The van der Waals surface area contributed by atoms with Gasteiger partial charge in [-0.05, 0) is 37.1 Å². The Kier molecular flexibility index (Phi) is 4.25. The van der Waals surface area contributed by atoms with E-state index >= 15 is 0 Å². The van der Waals surface area contributed by atoms with Gasteiger partial charge in [-0.15, -0.1) is 0 Å². The highest BCUT2D eigenvalue weighted by molar-refractivity contribution is 9.10. The maximum atomic E-state index is 12.3. The molecule has 0 spiro atoms. The SMILES string of the molecule is Cc1cn[nH]c1C(=O)NC(C)(CO)c1cccc(Br)c1. The van der Waals surface area contributed by atoms with Crippen LogP contribution in [-0.2, 0) is 5.54 Å². The first kappa shape index (κ1) is 14.7. The molecule has 0 bridgehead atoms. The second-order valence-corrected chi connectivity index (χ2v) is 5.80. The smallest absolute Gasteiger partial charge is 0.270 e. The lowest BCUT2D eigenvalue weighted by Gasteiger charge is -2.29. The molecular formula is C14H16BrN3O2. The summed E-state index contributed by atoms with van der Waals surface area (Å²) in [5, 5.41) is 19.0. The van der Waals surface area contributed by atoms with Crippen molar-refractivity contribution in [2.45, 2.75) is 19.4 Å². The van der Waals surface area contributed by atoms with Crippen molar-refractivity contribution in [3.63, 3.8) is 0 Å². The summed E-state index contributed by atoms with van der Waals surface area (Å²) < 4.78 is 0.890. The predicted molar refractivity (Wildman–Crippen MR) is 79.4 cm³/mol. The zero-order valence-electron chi connectivity index (χ0n) is 11.3. The van der Waals surface area contributed by atoms with Gasteiger partial charge in [0.2, 0.25) is 0 Å². The van der Waals surface area contributed by atoms with Crippen LogP contribution in [0, 0.1) is 6.92 Å². The van der Waals surface area contributed by atoms with Crippen molar-refractivity contribution in [3.8, 4) is 0 Å². The molecule has 2 aromatic rings. The van der Waals surface area contributed by atoms with E-state index in [2.05, 4.69) is 31.4 Å². The zero-order valence-corrected chi connectivity index (χ0v) is 12.9. The fraction of sp³-hybridized carbons (Fsp3) is 0.286. The summed E-state index contributed by atoms with van der Waals surface area (Å²) >= 11 is 3.39. The van der Waals surface area contributed by atoms with Crippen LogP contribution in [0.25, 0.3) is 0 Å². The van der Waals surface area contributed by atoms with Crippen LogP contribution >= 0.6 is 15.9 Å². The standard InChI is InChI=1S/C14H16BrN3O2/c1-9-7-16-18-12(9)13(20)17-14(2,8-19)10-4-3-5-11(15)6-10/h3-7,19H,8H2,1-2H3,(H,16,18)(H,17,20). The number of hydrogen-bond donors (Lipinski definition) is 3. The number of aromatic amines is 1. The van der Waals surface area contributed by atoms with Gasteiger partial charge in [0, 0.05) is 4.47 Å². The summed E-state index contributed by atoms with van der Waals surface area (Å²) in [4.78, 5) is 12.3. The lowest BCUT2D eigenvalue weighted by Crippen LogP contribution is -2.46. The van der Waals surface area contributed by atoms with Crippen LogP contribution in [0.15, 0.2) is 34.9 Å². The number of amides is 1. The van der Waals surface area contributed by atoms with Crippen molar-refractivity contribution >= 4 is 21.8 Å². The number of aliphatic hydroxyl groups is 1. The fourth-order valence-corrected chi connectivity index (χ4v) is 2.32. The first-order chi connectivity index (χ1) is 9.46. The minimum absolute atomic E-state index is 0.206. The van der Waals surface area contributed by atoms with Crippen molar-refractivity contribution in [2.24, 2.45) is 0 Å². The number of aryl methyl sites for hydroxylation is 1. The molecule has 0 radical (unpaired) electrons. The Labute approximate surface area is 125 Å². The highest BCUT2D eigenvalue weighted by Crippen LogP contribution is 2.24. The molecule has 106 valence electrons. The summed E-state index contributed by atoms with van der Waals surface area (Å²) in [7, 11) is 0. The number of H-pyrrole nitrogens is 1. The largest absolute Gasteiger partial charge is 0.394 e. The predicted octanol–water partition coefficient (Wildman–Crippen LogP) is 2.12. The maximum Gasteiger partial charge on any atom is 0.270 e. The summed E-state index contributed by atoms with van der Waals surface area (Å²) in [5.74, 6) is -0.295. The molecule has 1 aromatic carbocycles. The number of rotatable bonds is 4. The molecular weight excluding hydrogens is 322 g/mol. The number of nitrogens with one attached hydrogen (secondary N) is 2. The van der Waals surface area contributed by atoms with Gasteiger partial charge in [-0.3, -0.25) is 9.89 Å². The first-order valence-electron chi connectivity index (χ1n) is 6.15. The van der Waals surface area contributed by atoms with Gasteiger partial charge in [-0.1, -0.05) is 28.1 Å². The van der Waals surface area contributed by atoms with Crippen LogP contribution in [0.2, 0.25) is 0 Å². The van der Waals surface area contributed by atoms with Crippen molar-refractivity contribution in [1.82, 2.24) is 15.5 Å². The topological polar surface area (TPSA) is 78.0 Å². The zero-order chi connectivity index (χ0) is 14.8. The van der Waals surface area contributed by atoms with Gasteiger partial charge in [-0.2, -0.15) is 5.10 Å². The van der Waals surface area contributed by atoms with Crippen LogP contribution in [0.3, 0.4) is 0 Å². The van der Waals surface area contributed by atoms with Crippen LogP contribution in [0.5, 0.6) is 0 Å². The van der Waals surface area contributed by atoms with E-state index in [0.29, 0.717) is 5.69 Å². The highest BCUT2D eigenvalue weighted by Gasteiger charge is 2.29. The summed E-state index contributed by atoms with van der Waals surface area (Å²) in [6.07, 6.45) is 1.59. The van der Waals surface area contributed by atoms with E-state index in [-0.39, 0.29) is 12.5 Å². The first-order valence-corrected chi connectivity index (χ1v) is 6.95. The number of nitrogens with zero attached hydrogens (tertiary/aromatic N) is 1. The monoisotopic (exact) mass is 337 g/mol. The van der Waals surface area contributed by atoms with E-state index in [9.17, 15) is 9.90 Å². The van der Waals surface area contributed by atoms with Gasteiger partial charge in [0.25, 0.3) is 5.91 Å². The third-order valence-electron chi connectivity index (χ3n) is 3.22. The van der Waals surface area contributed by atoms with Gasteiger partial charge in [-0.25, -0.2) is 0 Å². The van der Waals surface area contributed by atoms with E-state index in [1.807, 2.05) is 24.3 Å². The second kappa shape index (κ2) is 5.76. The number of aromatic nitrogens is 2. The molecule has 6 heteroatoms. The van der Waals surface area contributed by atoms with Gasteiger partial charge < -0.3 is 10.4 Å². The molecule has 0 aliphatic rings. The van der Waals surface area contributed by atoms with Crippen molar-refractivity contribution in [1.29, 1.82) is 0 Å². The van der Waals surface area contributed by atoms with Crippen LogP contribution in [0.1, 0.15) is 28.5 Å². The molecule has 0 aliphatic heterocycles. The molecule has 0 aliphatic carbocycles. The molecule has 2 rings (SSSR count). The Bertz CT molecular complexity index is 626. The lowest BCUT2D eigenvalue weighted by atomic mass is 9.92. The van der Waals surface area contributed by atoms with Crippen LogP contribution < -0.4 is 5.32 Å². The molecule has 1 atom stereocenters. The van der Waals surface area contributed by atoms with Crippen molar-refractivity contribution in [3.05, 3.63) is 51.8 Å². The Balaban J connectivity index is 2.28. The normalized spacial score (nSPS) is 13.8. The van der Waals surface area contributed by atoms with Gasteiger partial charge >= 0.3 is 0 Å². The number of aliphatic hydroxyl groups excluding tert-OH is 1. The molecule has 0 saturated heterocycles. The van der Waals surface area contributed by atoms with E-state index in [1.165, 1.54) is 0 Å². The number of carbonyl (C=O) groups is 1. The number of carbonyl (C=O) groups excluding carboxylic acids is 1. The summed E-state index contributed by atoms with van der Waals surface area (Å²) in [5.41, 5.74) is 1.12. The van der Waals surface area contributed by atoms with Gasteiger partial charge in [0.1, 0.15) is 5.69 Å². The average Bonchev–Trinajstić information content (AvgIpc) is 2.85. The van der Waals surface area contributed by atoms with Crippen molar-refractivity contribution in [2.75, 3.05) is 6.61 Å². The molecule has 5 nitrogen and oxygen atoms in total. The molecule has 1 amide bonds. The van der Waals surface area contributed by atoms with E-state index in [4.69, 9.17) is 0 Å². The number of hydrogen-bond acceptors (Lipinski definition) is 3. The van der Waals surface area contributed by atoms with E-state index in [0.717, 1.165) is 15.6 Å². The molecule has 20 heavy (non-hydrogen) atoms. The van der Waals surface area contributed by atoms with Crippen molar-refractivity contribution < 1.29 is 9.90 Å². The highest BCUT2D eigenvalue weighted by atomic mass is 79.9. The number of halogens is 1. The minimum atomic E-state index is -0.863.